The molecule has 132 valence electrons. The zero-order valence-corrected chi connectivity index (χ0v) is 14.0. The Morgan fingerprint density at radius 1 is 1.20 bits per heavy atom. The summed E-state index contributed by atoms with van der Waals surface area (Å²) in [6.45, 7) is 3.57. The Balaban J connectivity index is 2.14. The molecule has 0 aliphatic carbocycles. The normalized spacial score (nSPS) is 11.6. The molecule has 0 aliphatic heterocycles. The number of benzene rings is 1. The summed E-state index contributed by atoms with van der Waals surface area (Å²) >= 11 is 0. The van der Waals surface area contributed by atoms with E-state index in [2.05, 4.69) is 15.6 Å². The summed E-state index contributed by atoms with van der Waals surface area (Å²) in [4.78, 5) is 49.2. The van der Waals surface area contributed by atoms with Gasteiger partial charge in [0.15, 0.2) is 0 Å². The highest BCUT2D eigenvalue weighted by molar-refractivity contribution is 6.03. The fraction of sp³-hybridized carbons (Fsp3) is 0.294. The molecule has 8 heteroatoms. The molecule has 0 radical (unpaired) electrons. The summed E-state index contributed by atoms with van der Waals surface area (Å²) in [5, 5.41) is 5.46. The molecule has 2 amide bonds. The molecule has 0 saturated heterocycles. The number of para-hydroxylation sites is 1. The van der Waals surface area contributed by atoms with Crippen LogP contribution in [0.25, 0.3) is 0 Å². The maximum absolute atomic E-state index is 12.3. The van der Waals surface area contributed by atoms with Gasteiger partial charge >= 0.3 is 5.69 Å². The maximum atomic E-state index is 12.3. The first-order chi connectivity index (χ1) is 11.9. The Hall–Kier alpha value is -3.16. The van der Waals surface area contributed by atoms with E-state index in [9.17, 15) is 19.2 Å². The predicted octanol–water partition coefficient (Wildman–Crippen LogP) is 0.704. The number of nitrogens with zero attached hydrogens (tertiary/aromatic N) is 1. The summed E-state index contributed by atoms with van der Waals surface area (Å²) in [5.41, 5.74) is -0.519. The maximum Gasteiger partial charge on any atom is 0.328 e. The van der Waals surface area contributed by atoms with E-state index in [1.165, 1.54) is 6.20 Å². The minimum Gasteiger partial charge on any atom is -0.350 e. The summed E-state index contributed by atoms with van der Waals surface area (Å²) in [5.74, 6) is -0.774. The second-order valence-electron chi connectivity index (χ2n) is 5.61. The quantitative estimate of drug-likeness (QED) is 0.716. The minimum atomic E-state index is -0.676. The molecule has 2 aromatic rings. The number of nitrogens with one attached hydrogen (secondary N) is 3. The average Bonchev–Trinajstić information content (AvgIpc) is 2.57. The number of rotatable bonds is 6. The van der Waals surface area contributed by atoms with Crippen LogP contribution in [0.1, 0.15) is 30.6 Å². The Morgan fingerprint density at radius 3 is 2.60 bits per heavy atom. The van der Waals surface area contributed by atoms with Crippen LogP contribution in [0.2, 0.25) is 0 Å². The lowest BCUT2D eigenvalue weighted by molar-refractivity contribution is -0.116. The third kappa shape index (κ3) is 4.90. The van der Waals surface area contributed by atoms with Crippen molar-refractivity contribution in [3.8, 4) is 0 Å². The van der Waals surface area contributed by atoms with Crippen molar-refractivity contribution in [1.29, 1.82) is 0 Å². The molecular weight excluding hydrogens is 324 g/mol. The monoisotopic (exact) mass is 344 g/mol. The van der Waals surface area contributed by atoms with Crippen molar-refractivity contribution in [2.24, 2.45) is 0 Å². The summed E-state index contributed by atoms with van der Waals surface area (Å²) in [6, 6.07) is 7.78. The molecule has 0 spiro atoms. The van der Waals surface area contributed by atoms with Crippen molar-refractivity contribution >= 4 is 17.5 Å². The van der Waals surface area contributed by atoms with Gasteiger partial charge < -0.3 is 10.6 Å². The number of H-pyrrole nitrogens is 1. The van der Waals surface area contributed by atoms with Crippen LogP contribution in [0.3, 0.4) is 0 Å². The van der Waals surface area contributed by atoms with Crippen molar-refractivity contribution in [2.45, 2.75) is 32.9 Å². The van der Waals surface area contributed by atoms with Crippen LogP contribution in [0.15, 0.2) is 46.1 Å². The molecule has 0 bridgehead atoms. The number of amides is 2. The summed E-state index contributed by atoms with van der Waals surface area (Å²) in [7, 11) is 0. The lowest BCUT2D eigenvalue weighted by atomic mass is 10.1. The molecule has 1 aromatic carbocycles. The molecule has 0 saturated carbocycles. The Kier molecular flexibility index (Phi) is 5.89. The van der Waals surface area contributed by atoms with Crippen LogP contribution >= 0.6 is 0 Å². The SMILES string of the molecule is CCC(C)NC(=O)c1ccccc1NC(=O)Cn1ccc(=O)[nH]c1=O. The fourth-order valence-electron chi connectivity index (χ4n) is 2.11. The van der Waals surface area contributed by atoms with Gasteiger partial charge in [0, 0.05) is 18.3 Å². The smallest absolute Gasteiger partial charge is 0.328 e. The molecule has 0 aliphatic rings. The van der Waals surface area contributed by atoms with Crippen molar-refractivity contribution in [3.05, 3.63) is 62.9 Å². The Labute approximate surface area is 143 Å². The number of carbonyl (C=O) groups is 2. The third-order valence-corrected chi connectivity index (χ3v) is 3.65. The number of aromatic nitrogens is 2. The lowest BCUT2D eigenvalue weighted by Gasteiger charge is -2.14. The Morgan fingerprint density at radius 2 is 1.92 bits per heavy atom. The predicted molar refractivity (Wildman–Crippen MR) is 93.6 cm³/mol. The number of carbonyl (C=O) groups excluding carboxylic acids is 2. The molecule has 25 heavy (non-hydrogen) atoms. The van der Waals surface area contributed by atoms with E-state index in [1.807, 2.05) is 13.8 Å². The van der Waals surface area contributed by atoms with Gasteiger partial charge in [-0.1, -0.05) is 19.1 Å². The van der Waals surface area contributed by atoms with E-state index in [0.717, 1.165) is 17.1 Å². The van der Waals surface area contributed by atoms with Gasteiger partial charge in [0.05, 0.1) is 11.3 Å². The zero-order chi connectivity index (χ0) is 18.4. The topological polar surface area (TPSA) is 113 Å². The van der Waals surface area contributed by atoms with Crippen molar-refractivity contribution < 1.29 is 9.59 Å². The standard InChI is InChI=1S/C17H20N4O4/c1-3-11(2)18-16(24)12-6-4-5-7-13(12)19-15(23)10-21-9-8-14(22)20-17(21)25/h4-9,11H,3,10H2,1-2H3,(H,18,24)(H,19,23)(H,20,22,25). The summed E-state index contributed by atoms with van der Waals surface area (Å²) in [6.07, 6.45) is 2.03. The number of anilines is 1. The first-order valence-electron chi connectivity index (χ1n) is 7.90. The first-order valence-corrected chi connectivity index (χ1v) is 7.90. The van der Waals surface area contributed by atoms with Gasteiger partial charge in [0.2, 0.25) is 5.91 Å². The summed E-state index contributed by atoms with van der Waals surface area (Å²) < 4.78 is 1.07. The van der Waals surface area contributed by atoms with Crippen molar-refractivity contribution in [1.82, 2.24) is 14.9 Å². The molecule has 3 N–H and O–H groups in total. The molecule has 0 fully saturated rings. The minimum absolute atomic E-state index is 0.0102. The molecule has 1 heterocycles. The molecule has 1 aromatic heterocycles. The fourth-order valence-corrected chi connectivity index (χ4v) is 2.11. The van der Waals surface area contributed by atoms with Crippen LogP contribution < -0.4 is 21.9 Å². The molecule has 1 unspecified atom stereocenters. The second kappa shape index (κ2) is 8.09. The van der Waals surface area contributed by atoms with Crippen LogP contribution in [0, 0.1) is 0 Å². The van der Waals surface area contributed by atoms with Crippen molar-refractivity contribution in [3.63, 3.8) is 0 Å². The molecule has 8 nitrogen and oxygen atoms in total. The van der Waals surface area contributed by atoms with Crippen LogP contribution in [0.4, 0.5) is 5.69 Å². The van der Waals surface area contributed by atoms with Gasteiger partial charge in [0.1, 0.15) is 6.54 Å². The van der Waals surface area contributed by atoms with Crippen LogP contribution in [-0.4, -0.2) is 27.4 Å². The highest BCUT2D eigenvalue weighted by Crippen LogP contribution is 2.15. The van der Waals surface area contributed by atoms with Crippen molar-refractivity contribution in [2.75, 3.05) is 5.32 Å². The number of aromatic amines is 1. The van der Waals surface area contributed by atoms with Gasteiger partial charge in [-0.05, 0) is 25.5 Å². The number of hydrogen-bond donors (Lipinski definition) is 3. The average molecular weight is 344 g/mol. The molecular formula is C17H20N4O4. The zero-order valence-electron chi connectivity index (χ0n) is 14.0. The van der Waals surface area contributed by atoms with E-state index < -0.39 is 17.2 Å². The van der Waals surface area contributed by atoms with Crippen LogP contribution in [0.5, 0.6) is 0 Å². The van der Waals surface area contributed by atoms with E-state index in [4.69, 9.17) is 0 Å². The molecule has 2 rings (SSSR count). The van der Waals surface area contributed by atoms with Gasteiger partial charge in [-0.25, -0.2) is 4.79 Å². The van der Waals surface area contributed by atoms with E-state index in [-0.39, 0.29) is 18.5 Å². The number of hydrogen-bond acceptors (Lipinski definition) is 4. The lowest BCUT2D eigenvalue weighted by Crippen LogP contribution is -2.34. The first kappa shape index (κ1) is 18.2. The van der Waals surface area contributed by atoms with Gasteiger partial charge in [0.25, 0.3) is 11.5 Å². The van der Waals surface area contributed by atoms with Crippen LogP contribution in [-0.2, 0) is 11.3 Å². The van der Waals surface area contributed by atoms with E-state index >= 15 is 0 Å². The highest BCUT2D eigenvalue weighted by Gasteiger charge is 2.15. The van der Waals surface area contributed by atoms with E-state index in [0.29, 0.717) is 11.3 Å². The third-order valence-electron chi connectivity index (χ3n) is 3.65. The highest BCUT2D eigenvalue weighted by atomic mass is 16.2. The van der Waals surface area contributed by atoms with Gasteiger partial charge in [-0.15, -0.1) is 0 Å². The molecule has 1 atom stereocenters. The largest absolute Gasteiger partial charge is 0.350 e. The van der Waals surface area contributed by atoms with E-state index in [1.54, 1.807) is 24.3 Å². The Bertz CT molecular complexity index is 884. The van der Waals surface area contributed by atoms with Gasteiger partial charge in [-0.3, -0.25) is 23.9 Å². The van der Waals surface area contributed by atoms with Gasteiger partial charge in [-0.2, -0.15) is 0 Å². The second-order valence-corrected chi connectivity index (χ2v) is 5.61.